The van der Waals surface area contributed by atoms with E-state index in [2.05, 4.69) is 26.6 Å². The molecule has 5 rings (SSSR count). The van der Waals surface area contributed by atoms with E-state index in [0.29, 0.717) is 25.1 Å². The summed E-state index contributed by atoms with van der Waals surface area (Å²) in [4.78, 5) is 16.3. The average Bonchev–Trinajstić information content (AvgIpc) is 3.33. The van der Waals surface area contributed by atoms with Crippen molar-refractivity contribution in [2.45, 2.75) is 44.3 Å². The molecule has 3 heterocycles. The Morgan fingerprint density at radius 1 is 1.03 bits per heavy atom. The molecule has 0 unspecified atom stereocenters. The van der Waals surface area contributed by atoms with Crippen LogP contribution in [0.15, 0.2) is 47.8 Å². The highest BCUT2D eigenvalue weighted by Crippen LogP contribution is 2.31. The Labute approximate surface area is 173 Å². The zero-order valence-electron chi connectivity index (χ0n) is 16.6. The lowest BCUT2D eigenvalue weighted by Crippen LogP contribution is -2.36. The molecule has 156 valence electrons. The Bertz CT molecular complexity index is 1060. The highest BCUT2D eigenvalue weighted by Gasteiger charge is 2.24. The molecule has 1 aliphatic carbocycles. The summed E-state index contributed by atoms with van der Waals surface area (Å²) in [6.07, 6.45) is 6.85. The van der Waals surface area contributed by atoms with Gasteiger partial charge in [0.1, 0.15) is 25.9 Å². The largest absolute Gasteiger partial charge is 0.486 e. The minimum Gasteiger partial charge on any atom is -0.486 e. The molecule has 1 saturated carbocycles. The van der Waals surface area contributed by atoms with Crippen LogP contribution in [-0.4, -0.2) is 43.8 Å². The van der Waals surface area contributed by atoms with Crippen LogP contribution in [0.3, 0.4) is 0 Å². The topological polar surface area (TPSA) is 96.1 Å². The van der Waals surface area contributed by atoms with Gasteiger partial charge in [-0.25, -0.2) is 14.3 Å². The van der Waals surface area contributed by atoms with Crippen molar-refractivity contribution in [1.29, 1.82) is 0 Å². The molecule has 30 heavy (non-hydrogen) atoms. The van der Waals surface area contributed by atoms with E-state index in [9.17, 15) is 4.79 Å². The number of hydrogen-bond donors (Lipinski definition) is 1. The molecule has 2 aliphatic rings. The number of hydrogen-bond acceptors (Lipinski definition) is 7. The molecule has 0 atom stereocenters. The highest BCUT2D eigenvalue weighted by molar-refractivity contribution is 5.43. The lowest BCUT2D eigenvalue weighted by atomic mass is 9.91. The van der Waals surface area contributed by atoms with E-state index in [0.717, 1.165) is 43.7 Å². The molecule has 1 fully saturated rings. The van der Waals surface area contributed by atoms with Crippen molar-refractivity contribution in [1.82, 2.24) is 29.9 Å². The van der Waals surface area contributed by atoms with Gasteiger partial charge in [0, 0.05) is 18.7 Å². The van der Waals surface area contributed by atoms with Gasteiger partial charge < -0.3 is 14.8 Å². The summed E-state index contributed by atoms with van der Waals surface area (Å²) in [5, 5.41) is 12.3. The highest BCUT2D eigenvalue weighted by atomic mass is 16.6. The number of nitrogens with zero attached hydrogens (tertiary/aromatic N) is 5. The number of ether oxygens (including phenoxy) is 2. The van der Waals surface area contributed by atoms with Crippen LogP contribution in [0.4, 0.5) is 0 Å². The summed E-state index contributed by atoms with van der Waals surface area (Å²) in [5.74, 6) is 2.24. The molecule has 1 aliphatic heterocycles. The van der Waals surface area contributed by atoms with Crippen molar-refractivity contribution < 1.29 is 9.47 Å². The fraction of sp³-hybridized carbons (Fsp3) is 0.429. The first kappa shape index (κ1) is 18.8. The SMILES string of the molecule is O=c1ccc(-n2cncn2)nn1C1CCC(NCc2ccc3c(c2)OCCO3)CC1. The van der Waals surface area contributed by atoms with E-state index in [1.54, 1.807) is 27.8 Å². The molecule has 0 spiro atoms. The Kier molecular flexibility index (Phi) is 5.18. The Balaban J connectivity index is 1.19. The fourth-order valence-electron chi connectivity index (χ4n) is 4.11. The fourth-order valence-corrected chi connectivity index (χ4v) is 4.11. The van der Waals surface area contributed by atoms with Gasteiger partial charge in [-0.2, -0.15) is 5.10 Å². The standard InChI is InChI=1S/C21H24N6O3/c28-21-8-7-20(26-14-22-13-24-26)25-27(21)17-4-2-16(3-5-17)23-12-15-1-6-18-19(11-15)30-10-9-29-18/h1,6-8,11,13-14,16-17,23H,2-5,9-10,12H2. The third-order valence-electron chi connectivity index (χ3n) is 5.71. The molecular weight excluding hydrogens is 384 g/mol. The van der Waals surface area contributed by atoms with Crippen molar-refractivity contribution in [2.24, 2.45) is 0 Å². The molecule has 1 N–H and O–H groups in total. The van der Waals surface area contributed by atoms with E-state index in [4.69, 9.17) is 9.47 Å². The van der Waals surface area contributed by atoms with E-state index in [1.165, 1.54) is 11.9 Å². The molecule has 2 aromatic heterocycles. The summed E-state index contributed by atoms with van der Waals surface area (Å²) >= 11 is 0. The number of rotatable bonds is 5. The summed E-state index contributed by atoms with van der Waals surface area (Å²) in [7, 11) is 0. The van der Waals surface area contributed by atoms with Crippen LogP contribution in [0.25, 0.3) is 5.82 Å². The maximum Gasteiger partial charge on any atom is 0.267 e. The van der Waals surface area contributed by atoms with E-state index in [-0.39, 0.29) is 11.6 Å². The third kappa shape index (κ3) is 3.93. The van der Waals surface area contributed by atoms with Crippen molar-refractivity contribution in [3.63, 3.8) is 0 Å². The van der Waals surface area contributed by atoms with Gasteiger partial charge in [0.15, 0.2) is 17.3 Å². The van der Waals surface area contributed by atoms with Gasteiger partial charge in [-0.3, -0.25) is 4.79 Å². The minimum absolute atomic E-state index is 0.0773. The summed E-state index contributed by atoms with van der Waals surface area (Å²) in [6, 6.07) is 9.85. The van der Waals surface area contributed by atoms with Crippen molar-refractivity contribution >= 4 is 0 Å². The van der Waals surface area contributed by atoms with Crippen LogP contribution >= 0.6 is 0 Å². The molecule has 1 aromatic carbocycles. The second-order valence-electron chi connectivity index (χ2n) is 7.68. The van der Waals surface area contributed by atoms with Crippen molar-refractivity contribution in [3.8, 4) is 17.3 Å². The molecule has 0 amide bonds. The van der Waals surface area contributed by atoms with Gasteiger partial charge in [0.05, 0.1) is 6.04 Å². The van der Waals surface area contributed by atoms with Gasteiger partial charge in [0.25, 0.3) is 5.56 Å². The predicted molar refractivity (Wildman–Crippen MR) is 109 cm³/mol. The van der Waals surface area contributed by atoms with Gasteiger partial charge >= 0.3 is 0 Å². The lowest BCUT2D eigenvalue weighted by Gasteiger charge is -2.30. The number of aromatic nitrogens is 5. The Morgan fingerprint density at radius 3 is 2.67 bits per heavy atom. The maximum atomic E-state index is 12.4. The molecule has 3 aromatic rings. The zero-order chi connectivity index (χ0) is 20.3. The van der Waals surface area contributed by atoms with Crippen LogP contribution in [0.5, 0.6) is 11.5 Å². The molecule has 0 saturated heterocycles. The van der Waals surface area contributed by atoms with Crippen LogP contribution in [0.2, 0.25) is 0 Å². The van der Waals surface area contributed by atoms with Gasteiger partial charge in [-0.1, -0.05) is 6.07 Å². The molecular formula is C21H24N6O3. The van der Waals surface area contributed by atoms with Crippen LogP contribution < -0.4 is 20.3 Å². The molecule has 0 radical (unpaired) electrons. The molecule has 9 nitrogen and oxygen atoms in total. The summed E-state index contributed by atoms with van der Waals surface area (Å²) < 4.78 is 14.4. The van der Waals surface area contributed by atoms with Gasteiger partial charge in [-0.15, -0.1) is 5.10 Å². The monoisotopic (exact) mass is 408 g/mol. The van der Waals surface area contributed by atoms with E-state index in [1.807, 2.05) is 12.1 Å². The Morgan fingerprint density at radius 2 is 1.87 bits per heavy atom. The quantitative estimate of drug-likeness (QED) is 0.688. The first-order chi connectivity index (χ1) is 14.8. The van der Waals surface area contributed by atoms with Gasteiger partial charge in [-0.05, 0) is 49.4 Å². The predicted octanol–water partition coefficient (Wildman–Crippen LogP) is 1.87. The normalized spacial score (nSPS) is 20.8. The number of nitrogens with one attached hydrogen (secondary N) is 1. The minimum atomic E-state index is -0.0773. The maximum absolute atomic E-state index is 12.4. The third-order valence-corrected chi connectivity index (χ3v) is 5.71. The first-order valence-corrected chi connectivity index (χ1v) is 10.3. The second-order valence-corrected chi connectivity index (χ2v) is 7.68. The summed E-state index contributed by atoms with van der Waals surface area (Å²) in [6.45, 7) is 1.99. The Hall–Kier alpha value is -3.20. The van der Waals surface area contributed by atoms with Crippen molar-refractivity contribution in [3.05, 3.63) is 58.9 Å². The lowest BCUT2D eigenvalue weighted by molar-refractivity contribution is 0.171. The van der Waals surface area contributed by atoms with Crippen LogP contribution in [0, 0.1) is 0 Å². The second kappa shape index (κ2) is 8.27. The van der Waals surface area contributed by atoms with Crippen LogP contribution in [-0.2, 0) is 6.54 Å². The van der Waals surface area contributed by atoms with E-state index < -0.39 is 0 Å². The zero-order valence-corrected chi connectivity index (χ0v) is 16.6. The molecule has 0 bridgehead atoms. The first-order valence-electron chi connectivity index (χ1n) is 10.3. The van der Waals surface area contributed by atoms with E-state index >= 15 is 0 Å². The van der Waals surface area contributed by atoms with Gasteiger partial charge in [0.2, 0.25) is 0 Å². The number of benzene rings is 1. The number of fused-ring (bicyclic) bond motifs is 1. The molecule has 9 heteroatoms. The van der Waals surface area contributed by atoms with Crippen molar-refractivity contribution in [2.75, 3.05) is 13.2 Å². The average molecular weight is 408 g/mol. The smallest absolute Gasteiger partial charge is 0.267 e. The van der Waals surface area contributed by atoms with Crippen LogP contribution in [0.1, 0.15) is 37.3 Å². The summed E-state index contributed by atoms with van der Waals surface area (Å²) in [5.41, 5.74) is 1.10.